The van der Waals surface area contributed by atoms with Gasteiger partial charge >= 0.3 is 0 Å². The van der Waals surface area contributed by atoms with E-state index in [0.29, 0.717) is 23.4 Å². The number of nitrogens with zero attached hydrogens (tertiary/aromatic N) is 1. The fourth-order valence-electron chi connectivity index (χ4n) is 1.66. The van der Waals surface area contributed by atoms with Gasteiger partial charge < -0.3 is 10.1 Å². The molecule has 0 aliphatic rings. The third kappa shape index (κ3) is 3.77. The Labute approximate surface area is 108 Å². The van der Waals surface area contributed by atoms with Crippen LogP contribution in [0, 0.1) is 11.3 Å². The van der Waals surface area contributed by atoms with Crippen LogP contribution in [-0.2, 0) is 4.79 Å². The van der Waals surface area contributed by atoms with E-state index in [2.05, 4.69) is 12.2 Å². The van der Waals surface area contributed by atoms with Gasteiger partial charge in [0.25, 0.3) is 0 Å². The Hall–Kier alpha value is -2.02. The standard InChI is InChI=1S/C14H18N2O2/c1-3-4-5-9-13(17)16-14-11(10-15)7-6-8-12(14)18-2/h6-8H,3-5,9H2,1-2H3,(H,16,17). The molecule has 0 radical (unpaired) electrons. The number of rotatable bonds is 6. The summed E-state index contributed by atoms with van der Waals surface area (Å²) >= 11 is 0. The summed E-state index contributed by atoms with van der Waals surface area (Å²) < 4.78 is 5.15. The number of hydrogen-bond acceptors (Lipinski definition) is 3. The first kappa shape index (κ1) is 14.0. The molecule has 96 valence electrons. The number of nitriles is 1. The summed E-state index contributed by atoms with van der Waals surface area (Å²) in [7, 11) is 1.52. The topological polar surface area (TPSA) is 62.1 Å². The lowest BCUT2D eigenvalue weighted by Crippen LogP contribution is -2.13. The zero-order chi connectivity index (χ0) is 13.4. The molecule has 0 heterocycles. The van der Waals surface area contributed by atoms with Gasteiger partial charge in [-0.3, -0.25) is 4.79 Å². The van der Waals surface area contributed by atoms with Crippen molar-refractivity contribution in [3.05, 3.63) is 23.8 Å². The second-order valence-electron chi connectivity index (χ2n) is 4.00. The summed E-state index contributed by atoms with van der Waals surface area (Å²) in [6.45, 7) is 2.09. The van der Waals surface area contributed by atoms with Crippen LogP contribution in [0.4, 0.5) is 5.69 Å². The zero-order valence-corrected chi connectivity index (χ0v) is 10.8. The molecule has 4 nitrogen and oxygen atoms in total. The number of methoxy groups -OCH3 is 1. The van der Waals surface area contributed by atoms with Crippen LogP contribution in [0.1, 0.15) is 38.2 Å². The summed E-state index contributed by atoms with van der Waals surface area (Å²) in [5.41, 5.74) is 0.877. The van der Waals surface area contributed by atoms with Crippen LogP contribution >= 0.6 is 0 Å². The SMILES string of the molecule is CCCCCC(=O)Nc1c(C#N)cccc1OC. The Bertz CT molecular complexity index is 450. The number of amides is 1. The van der Waals surface area contributed by atoms with E-state index in [1.807, 2.05) is 6.07 Å². The first-order chi connectivity index (χ1) is 8.72. The highest BCUT2D eigenvalue weighted by Gasteiger charge is 2.11. The molecule has 0 fully saturated rings. The van der Waals surface area contributed by atoms with Gasteiger partial charge in [-0.15, -0.1) is 0 Å². The van der Waals surface area contributed by atoms with Crippen LogP contribution in [0.25, 0.3) is 0 Å². The Morgan fingerprint density at radius 3 is 2.83 bits per heavy atom. The summed E-state index contributed by atoms with van der Waals surface area (Å²) in [6, 6.07) is 7.16. The molecule has 0 aliphatic carbocycles. The van der Waals surface area contributed by atoms with E-state index in [9.17, 15) is 4.79 Å². The van der Waals surface area contributed by atoms with Crippen LogP contribution < -0.4 is 10.1 Å². The Morgan fingerprint density at radius 2 is 2.22 bits per heavy atom. The van der Waals surface area contributed by atoms with E-state index in [4.69, 9.17) is 10.00 Å². The van der Waals surface area contributed by atoms with E-state index in [1.165, 1.54) is 7.11 Å². The molecule has 0 bridgehead atoms. The molecule has 0 saturated carbocycles. The van der Waals surface area contributed by atoms with E-state index in [1.54, 1.807) is 18.2 Å². The molecule has 0 unspecified atom stereocenters. The number of para-hydroxylation sites is 1. The van der Waals surface area contributed by atoms with Crippen LogP contribution in [0.3, 0.4) is 0 Å². The minimum atomic E-state index is -0.0792. The predicted octanol–water partition coefficient (Wildman–Crippen LogP) is 3.09. The van der Waals surface area contributed by atoms with Crippen molar-refractivity contribution in [3.63, 3.8) is 0 Å². The van der Waals surface area contributed by atoms with Crippen molar-refractivity contribution in [1.82, 2.24) is 0 Å². The number of ether oxygens (including phenoxy) is 1. The fourth-order valence-corrected chi connectivity index (χ4v) is 1.66. The Kier molecular flexibility index (Phi) is 5.72. The van der Waals surface area contributed by atoms with Crippen molar-refractivity contribution in [2.45, 2.75) is 32.6 Å². The molecule has 1 amide bonds. The van der Waals surface area contributed by atoms with Crippen molar-refractivity contribution >= 4 is 11.6 Å². The molecule has 0 spiro atoms. The van der Waals surface area contributed by atoms with Gasteiger partial charge in [0, 0.05) is 6.42 Å². The van der Waals surface area contributed by atoms with Crippen LogP contribution in [0.5, 0.6) is 5.75 Å². The van der Waals surface area contributed by atoms with Gasteiger partial charge in [0.1, 0.15) is 17.5 Å². The minimum absolute atomic E-state index is 0.0792. The average molecular weight is 246 g/mol. The van der Waals surface area contributed by atoms with Gasteiger partial charge in [0.15, 0.2) is 0 Å². The van der Waals surface area contributed by atoms with Crippen LogP contribution in [-0.4, -0.2) is 13.0 Å². The lowest BCUT2D eigenvalue weighted by molar-refractivity contribution is -0.116. The largest absolute Gasteiger partial charge is 0.495 e. The monoisotopic (exact) mass is 246 g/mol. The molecule has 0 aromatic heterocycles. The lowest BCUT2D eigenvalue weighted by atomic mass is 10.1. The first-order valence-corrected chi connectivity index (χ1v) is 6.09. The van der Waals surface area contributed by atoms with Crippen LogP contribution in [0.15, 0.2) is 18.2 Å². The minimum Gasteiger partial charge on any atom is -0.495 e. The maximum absolute atomic E-state index is 11.7. The van der Waals surface area contributed by atoms with E-state index in [0.717, 1.165) is 19.3 Å². The summed E-state index contributed by atoms with van der Waals surface area (Å²) in [4.78, 5) is 11.7. The molecule has 0 atom stereocenters. The fraction of sp³-hybridized carbons (Fsp3) is 0.429. The molecule has 0 saturated heterocycles. The van der Waals surface area contributed by atoms with E-state index in [-0.39, 0.29) is 5.91 Å². The maximum atomic E-state index is 11.7. The van der Waals surface area contributed by atoms with Gasteiger partial charge in [-0.1, -0.05) is 25.8 Å². The normalized spacial score (nSPS) is 9.61. The molecular formula is C14H18N2O2. The van der Waals surface area contributed by atoms with E-state index >= 15 is 0 Å². The van der Waals surface area contributed by atoms with Crippen molar-refractivity contribution in [3.8, 4) is 11.8 Å². The van der Waals surface area contributed by atoms with Crippen molar-refractivity contribution in [1.29, 1.82) is 5.26 Å². The highest BCUT2D eigenvalue weighted by atomic mass is 16.5. The third-order valence-electron chi connectivity index (χ3n) is 2.64. The number of unbranched alkanes of at least 4 members (excludes halogenated alkanes) is 2. The smallest absolute Gasteiger partial charge is 0.224 e. The van der Waals surface area contributed by atoms with E-state index < -0.39 is 0 Å². The quantitative estimate of drug-likeness (QED) is 0.784. The highest BCUT2D eigenvalue weighted by Crippen LogP contribution is 2.27. The van der Waals surface area contributed by atoms with Gasteiger partial charge in [0.05, 0.1) is 12.7 Å². The number of nitrogens with one attached hydrogen (secondary N) is 1. The summed E-state index contributed by atoms with van der Waals surface area (Å²) in [5.74, 6) is 0.433. The average Bonchev–Trinajstić information content (AvgIpc) is 2.39. The van der Waals surface area contributed by atoms with Gasteiger partial charge in [-0.05, 0) is 18.6 Å². The van der Waals surface area contributed by atoms with Crippen molar-refractivity contribution in [2.24, 2.45) is 0 Å². The number of carbonyl (C=O) groups is 1. The molecule has 1 N–H and O–H groups in total. The Balaban J connectivity index is 2.77. The molecule has 1 rings (SSSR count). The molecule has 1 aromatic carbocycles. The number of carbonyl (C=O) groups excluding carboxylic acids is 1. The zero-order valence-electron chi connectivity index (χ0n) is 10.8. The molecule has 0 aliphatic heterocycles. The summed E-state index contributed by atoms with van der Waals surface area (Å²) in [5, 5.41) is 11.8. The first-order valence-electron chi connectivity index (χ1n) is 6.09. The predicted molar refractivity (Wildman–Crippen MR) is 70.5 cm³/mol. The molecule has 18 heavy (non-hydrogen) atoms. The van der Waals surface area contributed by atoms with Crippen molar-refractivity contribution in [2.75, 3.05) is 12.4 Å². The lowest BCUT2D eigenvalue weighted by Gasteiger charge is -2.11. The van der Waals surface area contributed by atoms with Crippen molar-refractivity contribution < 1.29 is 9.53 Å². The second-order valence-corrected chi connectivity index (χ2v) is 4.00. The number of benzene rings is 1. The number of anilines is 1. The third-order valence-corrected chi connectivity index (χ3v) is 2.64. The molecule has 1 aromatic rings. The molecular weight excluding hydrogens is 228 g/mol. The van der Waals surface area contributed by atoms with Gasteiger partial charge in [0.2, 0.25) is 5.91 Å². The molecule has 4 heteroatoms. The number of hydrogen-bond donors (Lipinski definition) is 1. The second kappa shape index (κ2) is 7.33. The van der Waals surface area contributed by atoms with Crippen LogP contribution in [0.2, 0.25) is 0 Å². The maximum Gasteiger partial charge on any atom is 0.224 e. The summed E-state index contributed by atoms with van der Waals surface area (Å²) in [6.07, 6.45) is 3.44. The Morgan fingerprint density at radius 1 is 1.44 bits per heavy atom. The highest BCUT2D eigenvalue weighted by molar-refractivity contribution is 5.93. The van der Waals surface area contributed by atoms with Gasteiger partial charge in [-0.25, -0.2) is 0 Å². The van der Waals surface area contributed by atoms with Gasteiger partial charge in [-0.2, -0.15) is 5.26 Å².